The van der Waals surface area contributed by atoms with Crippen LogP contribution in [-0.4, -0.2) is 61.6 Å². The molecule has 0 aromatic rings. The van der Waals surface area contributed by atoms with Gasteiger partial charge in [0.25, 0.3) is 0 Å². The summed E-state index contributed by atoms with van der Waals surface area (Å²) in [7, 11) is 0. The first-order valence-corrected chi connectivity index (χ1v) is 10.5. The highest BCUT2D eigenvalue weighted by Gasteiger charge is 2.54. The lowest BCUT2D eigenvalue weighted by Crippen LogP contribution is -2.69. The van der Waals surface area contributed by atoms with Gasteiger partial charge in [0.1, 0.15) is 29.7 Å². The molecule has 1 fully saturated rings. The average Bonchev–Trinajstić information content (AvgIpc) is 2.66. The molecule has 7 N–H and O–H groups in total. The predicted octanol–water partition coefficient (Wildman–Crippen LogP) is 2.95. The second-order valence-electron chi connectivity index (χ2n) is 9.31. The third-order valence-electron chi connectivity index (χ3n) is 5.42. The number of allylic oxidation sites excluding steroid dienone is 6. The standard InChI is InChI=1S/C24H39NO6/c1-8-10-17(18(27)9-2)16(14(3)26)11-12-24(15(4)25)22(30)21(29)20(28)19(31-24)13-23(5,6)7/h8-12,15,19-22,26-30H,1,13,25H2,2-7H3/b12-11+,16-14+,17-10+,18-9+/t15?,19-,20-,21+,22-,24?/m1/s1. The van der Waals surface area contributed by atoms with Crippen LogP contribution in [0.3, 0.4) is 0 Å². The Morgan fingerprint density at radius 3 is 2.19 bits per heavy atom. The van der Waals surface area contributed by atoms with E-state index >= 15 is 0 Å². The van der Waals surface area contributed by atoms with Crippen molar-refractivity contribution in [2.24, 2.45) is 11.1 Å². The lowest BCUT2D eigenvalue weighted by Gasteiger charge is -2.50. The van der Waals surface area contributed by atoms with Gasteiger partial charge in [-0.25, -0.2) is 0 Å². The molecule has 0 radical (unpaired) electrons. The van der Waals surface area contributed by atoms with Crippen LogP contribution in [0.4, 0.5) is 0 Å². The summed E-state index contributed by atoms with van der Waals surface area (Å²) in [4.78, 5) is 0. The highest BCUT2D eigenvalue weighted by Crippen LogP contribution is 2.38. The number of rotatable bonds is 7. The van der Waals surface area contributed by atoms with E-state index in [1.54, 1.807) is 13.8 Å². The lowest BCUT2D eigenvalue weighted by molar-refractivity contribution is -0.260. The number of aliphatic hydroxyl groups excluding tert-OH is 5. The quantitative estimate of drug-likeness (QED) is 0.266. The molecular weight excluding hydrogens is 398 g/mol. The van der Waals surface area contributed by atoms with Gasteiger partial charge in [0.2, 0.25) is 0 Å². The van der Waals surface area contributed by atoms with Crippen LogP contribution in [0.5, 0.6) is 0 Å². The minimum Gasteiger partial charge on any atom is -0.512 e. The maximum absolute atomic E-state index is 10.9. The molecule has 0 bridgehead atoms. The van der Waals surface area contributed by atoms with Crippen molar-refractivity contribution in [1.29, 1.82) is 0 Å². The normalized spacial score (nSPS) is 32.7. The Bertz CT molecular complexity index is 755. The molecule has 1 rings (SSSR count). The smallest absolute Gasteiger partial charge is 0.130 e. The Morgan fingerprint density at radius 1 is 1.19 bits per heavy atom. The third-order valence-corrected chi connectivity index (χ3v) is 5.42. The van der Waals surface area contributed by atoms with Crippen molar-refractivity contribution < 1.29 is 30.3 Å². The highest BCUT2D eigenvalue weighted by atomic mass is 16.5. The summed E-state index contributed by atoms with van der Waals surface area (Å²) in [6.45, 7) is 14.3. The molecular formula is C24H39NO6. The molecule has 176 valence electrons. The summed E-state index contributed by atoms with van der Waals surface area (Å²) in [6.07, 6.45) is 2.80. The van der Waals surface area contributed by atoms with E-state index in [0.29, 0.717) is 12.0 Å². The first-order valence-electron chi connectivity index (χ1n) is 10.5. The molecule has 2 unspecified atom stereocenters. The van der Waals surface area contributed by atoms with E-state index in [1.165, 1.54) is 37.3 Å². The zero-order chi connectivity index (χ0) is 24.1. The second kappa shape index (κ2) is 10.6. The second-order valence-corrected chi connectivity index (χ2v) is 9.31. The molecule has 1 aliphatic heterocycles. The maximum Gasteiger partial charge on any atom is 0.130 e. The number of aliphatic hydroxyl groups is 5. The minimum atomic E-state index is -1.54. The Balaban J connectivity index is 3.56. The topological polar surface area (TPSA) is 136 Å². The van der Waals surface area contributed by atoms with Crippen molar-refractivity contribution in [3.05, 3.63) is 59.6 Å². The molecule has 1 saturated heterocycles. The summed E-state index contributed by atoms with van der Waals surface area (Å²) in [5, 5.41) is 52.5. The Morgan fingerprint density at radius 2 is 1.77 bits per heavy atom. The van der Waals surface area contributed by atoms with E-state index in [4.69, 9.17) is 10.5 Å². The summed E-state index contributed by atoms with van der Waals surface area (Å²) in [5.41, 5.74) is 5.03. The van der Waals surface area contributed by atoms with Gasteiger partial charge in [-0.3, -0.25) is 0 Å². The Kier molecular flexibility index (Phi) is 9.29. The van der Waals surface area contributed by atoms with Gasteiger partial charge in [-0.15, -0.1) is 0 Å². The van der Waals surface area contributed by atoms with Crippen molar-refractivity contribution in [3.8, 4) is 0 Å². The van der Waals surface area contributed by atoms with E-state index < -0.39 is 36.1 Å². The zero-order valence-electron chi connectivity index (χ0n) is 19.4. The number of hydrogen-bond donors (Lipinski definition) is 6. The fourth-order valence-corrected chi connectivity index (χ4v) is 3.71. The minimum absolute atomic E-state index is 0.0750. The van der Waals surface area contributed by atoms with E-state index in [1.807, 2.05) is 20.8 Å². The molecule has 0 saturated carbocycles. The molecule has 7 heteroatoms. The van der Waals surface area contributed by atoms with Gasteiger partial charge >= 0.3 is 0 Å². The van der Waals surface area contributed by atoms with Crippen LogP contribution in [0.2, 0.25) is 0 Å². The molecule has 0 aromatic heterocycles. The van der Waals surface area contributed by atoms with Gasteiger partial charge in [0, 0.05) is 17.2 Å². The lowest BCUT2D eigenvalue weighted by atomic mass is 9.76. The van der Waals surface area contributed by atoms with Crippen molar-refractivity contribution in [2.45, 2.75) is 84.0 Å². The molecule has 7 nitrogen and oxygen atoms in total. The van der Waals surface area contributed by atoms with Gasteiger partial charge in [-0.1, -0.05) is 45.6 Å². The Hall–Kier alpha value is -1.90. The van der Waals surface area contributed by atoms with E-state index in [9.17, 15) is 25.5 Å². The van der Waals surface area contributed by atoms with Crippen LogP contribution in [0.25, 0.3) is 0 Å². The average molecular weight is 438 g/mol. The Labute approximate surface area is 185 Å². The highest BCUT2D eigenvalue weighted by molar-refractivity contribution is 5.52. The first kappa shape index (κ1) is 27.1. The van der Waals surface area contributed by atoms with Gasteiger partial charge in [0.15, 0.2) is 0 Å². The molecule has 6 atom stereocenters. The molecule has 0 aliphatic carbocycles. The van der Waals surface area contributed by atoms with Gasteiger partial charge in [0.05, 0.1) is 11.9 Å². The fourth-order valence-electron chi connectivity index (χ4n) is 3.71. The van der Waals surface area contributed by atoms with Crippen molar-refractivity contribution in [3.63, 3.8) is 0 Å². The molecule has 0 aromatic carbocycles. The van der Waals surface area contributed by atoms with Crippen LogP contribution >= 0.6 is 0 Å². The van der Waals surface area contributed by atoms with Crippen molar-refractivity contribution >= 4 is 0 Å². The first-order chi connectivity index (χ1) is 14.2. The third kappa shape index (κ3) is 6.30. The van der Waals surface area contributed by atoms with Gasteiger partial charge < -0.3 is 36.0 Å². The van der Waals surface area contributed by atoms with Crippen LogP contribution in [-0.2, 0) is 4.74 Å². The van der Waals surface area contributed by atoms with Crippen LogP contribution in [0.15, 0.2) is 59.6 Å². The fraction of sp³-hybridized carbons (Fsp3) is 0.583. The molecule has 0 spiro atoms. The van der Waals surface area contributed by atoms with Crippen LogP contribution < -0.4 is 5.73 Å². The zero-order valence-corrected chi connectivity index (χ0v) is 19.4. The van der Waals surface area contributed by atoms with Crippen LogP contribution in [0.1, 0.15) is 48.0 Å². The van der Waals surface area contributed by atoms with E-state index in [0.717, 1.165) is 0 Å². The monoisotopic (exact) mass is 437 g/mol. The van der Waals surface area contributed by atoms with E-state index in [2.05, 4.69) is 6.58 Å². The number of nitrogens with two attached hydrogens (primary N) is 1. The van der Waals surface area contributed by atoms with Crippen molar-refractivity contribution in [2.75, 3.05) is 0 Å². The number of hydrogen-bond acceptors (Lipinski definition) is 7. The predicted molar refractivity (Wildman–Crippen MR) is 122 cm³/mol. The summed E-state index contributed by atoms with van der Waals surface area (Å²) >= 11 is 0. The SMILES string of the molecule is C=C/C=C(C(/O)=C\C)\C(\C=C\C1(C(C)N)O[C@H](CC(C)(C)C)[C@@H](O)[C@H](O)[C@H]1O)=C(/C)O. The van der Waals surface area contributed by atoms with Crippen LogP contribution in [0, 0.1) is 5.41 Å². The summed E-state index contributed by atoms with van der Waals surface area (Å²) in [5.74, 6) is -0.163. The molecule has 1 aliphatic rings. The maximum atomic E-state index is 10.9. The van der Waals surface area contributed by atoms with E-state index in [-0.39, 0.29) is 22.5 Å². The molecule has 0 amide bonds. The van der Waals surface area contributed by atoms with Crippen molar-refractivity contribution in [1.82, 2.24) is 0 Å². The summed E-state index contributed by atoms with van der Waals surface area (Å²) in [6, 6.07) is -0.772. The largest absolute Gasteiger partial charge is 0.512 e. The van der Waals surface area contributed by atoms with Gasteiger partial charge in [-0.05, 0) is 44.8 Å². The molecule has 31 heavy (non-hydrogen) atoms. The van der Waals surface area contributed by atoms with Gasteiger partial charge in [-0.2, -0.15) is 0 Å². The number of ether oxygens (including phenoxy) is 1. The summed E-state index contributed by atoms with van der Waals surface area (Å²) < 4.78 is 6.17. The molecule has 1 heterocycles.